The maximum absolute atomic E-state index is 13.5. The van der Waals surface area contributed by atoms with E-state index in [4.69, 9.17) is 5.11 Å². The Balaban J connectivity index is 2.23. The van der Waals surface area contributed by atoms with Crippen LogP contribution in [-0.4, -0.2) is 11.1 Å². The molecule has 20 heavy (non-hydrogen) atoms. The van der Waals surface area contributed by atoms with Gasteiger partial charge in [0.05, 0.1) is 5.56 Å². The minimum atomic E-state index is -1.21. The molecular formula is C14H10F3NO2. The van der Waals surface area contributed by atoms with E-state index in [1.165, 1.54) is 6.07 Å². The molecule has 2 rings (SSSR count). The number of halogens is 3. The number of carbonyl (C=O) groups is 1. The van der Waals surface area contributed by atoms with Gasteiger partial charge in [-0.15, -0.1) is 0 Å². The van der Waals surface area contributed by atoms with E-state index >= 15 is 0 Å². The topological polar surface area (TPSA) is 49.3 Å². The van der Waals surface area contributed by atoms with Crippen molar-refractivity contribution in [3.05, 3.63) is 65.0 Å². The molecule has 0 amide bonds. The van der Waals surface area contributed by atoms with Gasteiger partial charge in [0.2, 0.25) is 0 Å². The van der Waals surface area contributed by atoms with E-state index in [1.54, 1.807) is 0 Å². The molecular weight excluding hydrogens is 271 g/mol. The summed E-state index contributed by atoms with van der Waals surface area (Å²) in [5, 5.41) is 11.2. The number of carboxylic acid groups (broad SMARTS) is 1. The highest BCUT2D eigenvalue weighted by Crippen LogP contribution is 2.20. The summed E-state index contributed by atoms with van der Waals surface area (Å²) in [6.07, 6.45) is 0. The van der Waals surface area contributed by atoms with Crippen molar-refractivity contribution in [1.82, 2.24) is 0 Å². The number of rotatable bonds is 4. The second-order valence-electron chi connectivity index (χ2n) is 4.06. The van der Waals surface area contributed by atoms with Gasteiger partial charge in [0.15, 0.2) is 0 Å². The van der Waals surface area contributed by atoms with Crippen LogP contribution in [-0.2, 0) is 6.54 Å². The van der Waals surface area contributed by atoms with Crippen LogP contribution in [0, 0.1) is 17.5 Å². The molecule has 0 bridgehead atoms. The van der Waals surface area contributed by atoms with E-state index in [2.05, 4.69) is 5.32 Å². The lowest BCUT2D eigenvalue weighted by Gasteiger charge is -2.10. The first-order valence-electron chi connectivity index (χ1n) is 5.68. The van der Waals surface area contributed by atoms with Crippen LogP contribution >= 0.6 is 0 Å². The van der Waals surface area contributed by atoms with Crippen LogP contribution < -0.4 is 5.32 Å². The molecule has 0 saturated carbocycles. The Morgan fingerprint density at radius 1 is 1.05 bits per heavy atom. The molecule has 0 fully saturated rings. The molecule has 0 aliphatic heterocycles. The highest BCUT2D eigenvalue weighted by Gasteiger charge is 2.11. The summed E-state index contributed by atoms with van der Waals surface area (Å²) in [6, 6.07) is 6.57. The van der Waals surface area contributed by atoms with Crippen LogP contribution in [0.5, 0.6) is 0 Å². The van der Waals surface area contributed by atoms with Gasteiger partial charge in [-0.1, -0.05) is 6.07 Å². The third-order valence-electron chi connectivity index (χ3n) is 2.71. The second kappa shape index (κ2) is 5.64. The quantitative estimate of drug-likeness (QED) is 0.902. The Kier molecular flexibility index (Phi) is 3.93. The van der Waals surface area contributed by atoms with Crippen molar-refractivity contribution in [2.75, 3.05) is 5.32 Å². The number of benzene rings is 2. The highest BCUT2D eigenvalue weighted by atomic mass is 19.1. The molecule has 0 atom stereocenters. The van der Waals surface area contributed by atoms with Crippen molar-refractivity contribution < 1.29 is 23.1 Å². The maximum atomic E-state index is 13.5. The van der Waals surface area contributed by atoms with Crippen molar-refractivity contribution >= 4 is 11.7 Å². The zero-order valence-electron chi connectivity index (χ0n) is 10.2. The molecule has 0 aromatic heterocycles. The Morgan fingerprint density at radius 3 is 2.30 bits per heavy atom. The summed E-state index contributed by atoms with van der Waals surface area (Å²) in [5.74, 6) is -3.47. The van der Waals surface area contributed by atoms with Crippen molar-refractivity contribution in [3.63, 3.8) is 0 Å². The summed E-state index contributed by atoms with van der Waals surface area (Å²) in [4.78, 5) is 10.8. The molecule has 3 nitrogen and oxygen atoms in total. The first kappa shape index (κ1) is 13.9. The molecule has 0 aliphatic carbocycles. The summed E-state index contributed by atoms with van der Waals surface area (Å²) in [7, 11) is 0. The minimum absolute atomic E-state index is 0.00699. The first-order valence-corrected chi connectivity index (χ1v) is 5.68. The predicted octanol–water partition coefficient (Wildman–Crippen LogP) is 3.41. The fourth-order valence-corrected chi connectivity index (χ4v) is 1.69. The number of nitrogens with one attached hydrogen (secondary N) is 1. The summed E-state index contributed by atoms with van der Waals surface area (Å²) < 4.78 is 40.3. The van der Waals surface area contributed by atoms with E-state index in [-0.39, 0.29) is 23.4 Å². The molecule has 2 aromatic carbocycles. The van der Waals surface area contributed by atoms with Crippen molar-refractivity contribution in [2.45, 2.75) is 6.54 Å². The van der Waals surface area contributed by atoms with Gasteiger partial charge in [0.1, 0.15) is 23.1 Å². The van der Waals surface area contributed by atoms with Crippen LogP contribution in [0.3, 0.4) is 0 Å². The lowest BCUT2D eigenvalue weighted by atomic mass is 10.1. The highest BCUT2D eigenvalue weighted by molar-refractivity contribution is 5.87. The zero-order chi connectivity index (χ0) is 14.7. The molecule has 0 radical (unpaired) electrons. The Hall–Kier alpha value is -2.50. The zero-order valence-corrected chi connectivity index (χ0v) is 10.2. The van der Waals surface area contributed by atoms with Gasteiger partial charge in [-0.05, 0) is 30.3 Å². The number of hydrogen-bond acceptors (Lipinski definition) is 2. The van der Waals surface area contributed by atoms with Crippen LogP contribution in [0.4, 0.5) is 18.9 Å². The number of para-hydroxylation sites is 1. The SMILES string of the molecule is O=C(O)c1ccc(F)c(CNc2c(F)cccc2F)c1. The average molecular weight is 281 g/mol. The van der Waals surface area contributed by atoms with Crippen molar-refractivity contribution in [2.24, 2.45) is 0 Å². The van der Waals surface area contributed by atoms with E-state index in [9.17, 15) is 18.0 Å². The van der Waals surface area contributed by atoms with Gasteiger partial charge in [0.25, 0.3) is 0 Å². The van der Waals surface area contributed by atoms with Gasteiger partial charge in [-0.25, -0.2) is 18.0 Å². The van der Waals surface area contributed by atoms with E-state index < -0.39 is 23.4 Å². The molecule has 6 heteroatoms. The van der Waals surface area contributed by atoms with Crippen LogP contribution in [0.25, 0.3) is 0 Å². The number of aromatic carboxylic acids is 1. The fourth-order valence-electron chi connectivity index (χ4n) is 1.69. The van der Waals surface area contributed by atoms with Gasteiger partial charge in [0, 0.05) is 12.1 Å². The van der Waals surface area contributed by atoms with E-state index in [0.29, 0.717) is 0 Å². The molecule has 0 spiro atoms. The molecule has 2 aromatic rings. The summed E-state index contributed by atoms with van der Waals surface area (Å²) in [5.41, 5.74) is -0.475. The van der Waals surface area contributed by atoms with Crippen LogP contribution in [0.2, 0.25) is 0 Å². The predicted molar refractivity (Wildman–Crippen MR) is 67.0 cm³/mol. The average Bonchev–Trinajstić information content (AvgIpc) is 2.39. The third-order valence-corrected chi connectivity index (χ3v) is 2.71. The number of carboxylic acids is 1. The summed E-state index contributed by atoms with van der Waals surface area (Å²) in [6.45, 7) is -0.231. The lowest BCUT2D eigenvalue weighted by molar-refractivity contribution is 0.0696. The molecule has 0 heterocycles. The monoisotopic (exact) mass is 281 g/mol. The normalized spacial score (nSPS) is 10.3. The molecule has 0 unspecified atom stereocenters. The molecule has 0 aliphatic rings. The standard InChI is InChI=1S/C14H10F3NO2/c15-10-5-4-8(14(19)20)6-9(10)7-18-13-11(16)2-1-3-12(13)17/h1-6,18H,7H2,(H,19,20). The van der Waals surface area contributed by atoms with E-state index in [0.717, 1.165) is 30.3 Å². The maximum Gasteiger partial charge on any atom is 0.335 e. The van der Waals surface area contributed by atoms with Crippen LogP contribution in [0.15, 0.2) is 36.4 Å². The van der Waals surface area contributed by atoms with E-state index in [1.807, 2.05) is 0 Å². The lowest BCUT2D eigenvalue weighted by Crippen LogP contribution is -2.07. The first-order chi connectivity index (χ1) is 9.49. The number of anilines is 1. The van der Waals surface area contributed by atoms with Gasteiger partial charge < -0.3 is 10.4 Å². The molecule has 0 saturated heterocycles. The Bertz CT molecular complexity index is 639. The van der Waals surface area contributed by atoms with Gasteiger partial charge >= 0.3 is 5.97 Å². The smallest absolute Gasteiger partial charge is 0.335 e. The Labute approximate surface area is 112 Å². The third kappa shape index (κ3) is 2.90. The fraction of sp³-hybridized carbons (Fsp3) is 0.0714. The number of hydrogen-bond donors (Lipinski definition) is 2. The molecule has 104 valence electrons. The largest absolute Gasteiger partial charge is 0.478 e. The van der Waals surface area contributed by atoms with Crippen LogP contribution in [0.1, 0.15) is 15.9 Å². The minimum Gasteiger partial charge on any atom is -0.478 e. The Morgan fingerprint density at radius 2 is 1.70 bits per heavy atom. The van der Waals surface area contributed by atoms with Crippen molar-refractivity contribution in [3.8, 4) is 0 Å². The summed E-state index contributed by atoms with van der Waals surface area (Å²) >= 11 is 0. The van der Waals surface area contributed by atoms with Crippen molar-refractivity contribution in [1.29, 1.82) is 0 Å². The second-order valence-corrected chi connectivity index (χ2v) is 4.06. The molecule has 2 N–H and O–H groups in total. The van der Waals surface area contributed by atoms with Gasteiger partial charge in [-0.3, -0.25) is 0 Å². The van der Waals surface area contributed by atoms with Gasteiger partial charge in [-0.2, -0.15) is 0 Å².